The number of ether oxygens (including phenoxy) is 1. The Labute approximate surface area is 164 Å². The molecule has 1 heterocycles. The molecule has 0 spiro atoms. The van der Waals surface area contributed by atoms with Crippen LogP contribution in [-0.2, 0) is 9.53 Å². The number of alkyl halides is 1. The van der Waals surface area contributed by atoms with Crippen LogP contribution in [0.4, 0.5) is 4.39 Å². The van der Waals surface area contributed by atoms with Crippen molar-refractivity contribution in [1.29, 1.82) is 0 Å². The normalized spacial score (nSPS) is 27.2. The Hall–Kier alpha value is -0.690. The summed E-state index contributed by atoms with van der Waals surface area (Å²) in [6.07, 6.45) is 3.61. The number of hydrogen-bond acceptors (Lipinski definition) is 3. The highest BCUT2D eigenvalue weighted by Gasteiger charge is 2.44. The fraction of sp³-hybridized carbons (Fsp3) is 0.650. The minimum absolute atomic E-state index is 0.0496. The molecule has 1 aliphatic rings. The van der Waals surface area contributed by atoms with Gasteiger partial charge in [-0.3, -0.25) is 14.1 Å². The predicted octanol–water partition coefficient (Wildman–Crippen LogP) is 4.79. The molecule has 3 unspecified atom stereocenters. The monoisotopic (exact) mass is 461 g/mol. The first kappa shape index (κ1) is 20.6. The summed E-state index contributed by atoms with van der Waals surface area (Å²) >= 11 is 2.30. The van der Waals surface area contributed by atoms with Gasteiger partial charge in [0.2, 0.25) is 0 Å². The Morgan fingerprint density at radius 1 is 1.36 bits per heavy atom. The van der Waals surface area contributed by atoms with Crippen molar-refractivity contribution in [1.82, 2.24) is 4.90 Å². The van der Waals surface area contributed by atoms with Crippen molar-refractivity contribution in [3.63, 3.8) is 0 Å². The quantitative estimate of drug-likeness (QED) is 0.432. The van der Waals surface area contributed by atoms with Crippen molar-refractivity contribution < 1.29 is 13.9 Å². The smallest absolute Gasteiger partial charge is 0.310 e. The molecule has 140 valence electrons. The molecule has 3 nitrogen and oxygen atoms in total. The molecule has 0 aromatic heterocycles. The Bertz CT molecular complexity index is 551. The molecule has 0 saturated carbocycles. The van der Waals surface area contributed by atoms with Crippen LogP contribution in [0.25, 0.3) is 0 Å². The van der Waals surface area contributed by atoms with Crippen LogP contribution in [0.5, 0.6) is 0 Å². The molecule has 1 aromatic carbocycles. The molecular weight excluding hydrogens is 432 g/mol. The number of methoxy groups -OCH3 is 1. The van der Waals surface area contributed by atoms with Crippen LogP contribution in [0.3, 0.4) is 0 Å². The lowest BCUT2D eigenvalue weighted by Crippen LogP contribution is -2.55. The van der Waals surface area contributed by atoms with Gasteiger partial charge in [-0.1, -0.05) is 25.5 Å². The molecule has 0 amide bonds. The molecular formula is C20H29FINO2. The van der Waals surface area contributed by atoms with E-state index < -0.39 is 0 Å². The fourth-order valence-corrected chi connectivity index (χ4v) is 4.61. The zero-order valence-electron chi connectivity index (χ0n) is 15.4. The first-order valence-corrected chi connectivity index (χ1v) is 10.3. The van der Waals surface area contributed by atoms with Crippen molar-refractivity contribution in [3.8, 4) is 0 Å². The maximum absolute atomic E-state index is 12.8. The summed E-state index contributed by atoms with van der Waals surface area (Å²) in [4.78, 5) is 14.9. The Morgan fingerprint density at radius 3 is 2.60 bits per heavy atom. The van der Waals surface area contributed by atoms with E-state index in [4.69, 9.17) is 4.74 Å². The topological polar surface area (TPSA) is 29.5 Å². The number of piperidine rings is 1. The number of benzene rings is 1. The second-order valence-electron chi connectivity index (χ2n) is 6.91. The van der Waals surface area contributed by atoms with Crippen LogP contribution in [0, 0.1) is 9.49 Å². The van der Waals surface area contributed by atoms with E-state index in [1.807, 2.05) is 0 Å². The second-order valence-corrected chi connectivity index (χ2v) is 8.15. The van der Waals surface area contributed by atoms with Gasteiger partial charge >= 0.3 is 5.97 Å². The largest absolute Gasteiger partial charge is 0.469 e. The lowest BCUT2D eigenvalue weighted by atomic mass is 9.72. The Kier molecular flexibility index (Phi) is 8.13. The number of hydrogen-bond donors (Lipinski definition) is 0. The van der Waals surface area contributed by atoms with Crippen LogP contribution in [0.1, 0.15) is 51.0 Å². The summed E-state index contributed by atoms with van der Waals surface area (Å²) in [6, 6.07) is 8.90. The minimum Gasteiger partial charge on any atom is -0.469 e. The molecule has 1 fully saturated rings. The summed E-state index contributed by atoms with van der Waals surface area (Å²) in [5.74, 6) is -0.216. The third-order valence-electron chi connectivity index (χ3n) is 5.41. The third-order valence-corrected chi connectivity index (χ3v) is 6.13. The van der Waals surface area contributed by atoms with Gasteiger partial charge in [-0.05, 0) is 66.5 Å². The zero-order chi connectivity index (χ0) is 18.4. The van der Waals surface area contributed by atoms with Crippen molar-refractivity contribution >= 4 is 28.6 Å². The molecule has 1 aromatic rings. The highest BCUT2D eigenvalue weighted by atomic mass is 127. The number of carbonyl (C=O) groups excluding carboxylic acids is 1. The molecule has 1 saturated heterocycles. The van der Waals surface area contributed by atoms with Crippen LogP contribution < -0.4 is 0 Å². The molecule has 25 heavy (non-hydrogen) atoms. The summed E-state index contributed by atoms with van der Waals surface area (Å²) in [7, 11) is 1.46. The number of rotatable bonds is 7. The van der Waals surface area contributed by atoms with E-state index in [1.54, 1.807) is 0 Å². The van der Waals surface area contributed by atoms with Gasteiger partial charge in [0, 0.05) is 28.1 Å². The molecule has 1 aliphatic heterocycles. The summed E-state index contributed by atoms with van der Waals surface area (Å²) in [5, 5.41) is 0. The average molecular weight is 461 g/mol. The van der Waals surface area contributed by atoms with Crippen molar-refractivity contribution in [2.75, 3.05) is 20.3 Å². The maximum Gasteiger partial charge on any atom is 0.310 e. The summed E-state index contributed by atoms with van der Waals surface area (Å²) in [5.41, 5.74) is 1.20. The minimum atomic E-state index is -0.314. The zero-order valence-corrected chi connectivity index (χ0v) is 17.5. The van der Waals surface area contributed by atoms with Crippen LogP contribution in [0.15, 0.2) is 24.3 Å². The van der Waals surface area contributed by atoms with Crippen molar-refractivity contribution in [2.45, 2.75) is 57.5 Å². The van der Waals surface area contributed by atoms with E-state index >= 15 is 0 Å². The van der Waals surface area contributed by atoms with Crippen LogP contribution >= 0.6 is 22.6 Å². The van der Waals surface area contributed by atoms with Crippen LogP contribution in [0.2, 0.25) is 0 Å². The van der Waals surface area contributed by atoms with Gasteiger partial charge in [0.25, 0.3) is 0 Å². The average Bonchev–Trinajstić information content (AvgIpc) is 2.61. The van der Waals surface area contributed by atoms with Crippen molar-refractivity contribution in [2.24, 2.45) is 5.92 Å². The van der Waals surface area contributed by atoms with Crippen molar-refractivity contribution in [3.05, 3.63) is 33.4 Å². The number of halogens is 2. The Balaban J connectivity index is 2.35. The van der Waals surface area contributed by atoms with Gasteiger partial charge in [-0.25, -0.2) is 0 Å². The lowest BCUT2D eigenvalue weighted by Gasteiger charge is -2.48. The molecule has 4 atom stereocenters. The van der Waals surface area contributed by atoms with E-state index in [1.165, 1.54) is 16.2 Å². The fourth-order valence-electron chi connectivity index (χ4n) is 4.25. The molecule has 0 N–H and O–H groups in total. The van der Waals surface area contributed by atoms with Crippen LogP contribution in [-0.4, -0.2) is 43.3 Å². The maximum atomic E-state index is 12.8. The molecule has 5 heteroatoms. The van der Waals surface area contributed by atoms with Gasteiger partial charge in [-0.2, -0.15) is 0 Å². The van der Waals surface area contributed by atoms with Gasteiger partial charge in [-0.15, -0.1) is 0 Å². The highest BCUT2D eigenvalue weighted by molar-refractivity contribution is 14.1. The predicted molar refractivity (Wildman–Crippen MR) is 107 cm³/mol. The number of nitrogens with zero attached hydrogens (tertiary/aromatic N) is 1. The summed E-state index contributed by atoms with van der Waals surface area (Å²) in [6.45, 7) is 4.67. The SMILES string of the molecule is CCCC1CC(c2ccc(I)cc2)[C@H](C(=O)OC)C(C)N1CCCF. The van der Waals surface area contributed by atoms with Gasteiger partial charge < -0.3 is 4.74 Å². The molecule has 0 radical (unpaired) electrons. The number of carbonyl (C=O) groups is 1. The first-order valence-electron chi connectivity index (χ1n) is 9.18. The van der Waals surface area contributed by atoms with E-state index in [0.717, 1.165) is 19.3 Å². The summed E-state index contributed by atoms with van der Waals surface area (Å²) < 4.78 is 19.1. The third kappa shape index (κ3) is 4.94. The Morgan fingerprint density at radius 2 is 2.04 bits per heavy atom. The van der Waals surface area contributed by atoms with Gasteiger partial charge in [0.1, 0.15) is 0 Å². The number of likely N-dealkylation sites (tertiary alicyclic amines) is 1. The molecule has 0 bridgehead atoms. The molecule has 0 aliphatic carbocycles. The highest BCUT2D eigenvalue weighted by Crippen LogP contribution is 2.41. The van der Waals surface area contributed by atoms with E-state index in [-0.39, 0.29) is 30.5 Å². The van der Waals surface area contributed by atoms with E-state index in [0.29, 0.717) is 19.0 Å². The van der Waals surface area contributed by atoms with Gasteiger partial charge in [0.15, 0.2) is 0 Å². The second kappa shape index (κ2) is 9.86. The molecule has 2 rings (SSSR count). The van der Waals surface area contributed by atoms with E-state index in [2.05, 4.69) is 65.6 Å². The lowest BCUT2D eigenvalue weighted by molar-refractivity contribution is -0.152. The number of esters is 1. The van der Waals surface area contributed by atoms with E-state index in [9.17, 15) is 9.18 Å². The van der Waals surface area contributed by atoms with Gasteiger partial charge in [0.05, 0.1) is 19.7 Å². The standard InChI is InChI=1S/C20H29FINO2/c1-4-6-17-13-18(15-7-9-16(22)10-8-15)19(20(24)25-3)14(2)23(17)12-5-11-21/h7-10,14,17-19H,4-6,11-13H2,1-3H3/t14?,17?,18?,19-/m1/s1. The first-order chi connectivity index (χ1) is 12.0.